The van der Waals surface area contributed by atoms with Crippen LogP contribution in [0.15, 0.2) is 18.2 Å². The summed E-state index contributed by atoms with van der Waals surface area (Å²) in [5.74, 6) is -1.84. The minimum Gasteiger partial charge on any atom is -0.496 e. The minimum absolute atomic E-state index is 0.0928. The van der Waals surface area contributed by atoms with Crippen molar-refractivity contribution in [3.8, 4) is 5.75 Å². The van der Waals surface area contributed by atoms with E-state index in [1.807, 2.05) is 0 Å². The van der Waals surface area contributed by atoms with Gasteiger partial charge >= 0.3 is 5.97 Å². The molecule has 0 heterocycles. The van der Waals surface area contributed by atoms with E-state index in [-0.39, 0.29) is 17.0 Å². The highest BCUT2D eigenvalue weighted by Gasteiger charge is 2.21. The number of rotatable bonds is 5. The summed E-state index contributed by atoms with van der Waals surface area (Å²) in [7, 11) is 1.30. The molecule has 0 spiro atoms. The second-order valence-electron chi connectivity index (χ2n) is 3.68. The van der Waals surface area contributed by atoms with Gasteiger partial charge in [-0.05, 0) is 13.0 Å². The quantitative estimate of drug-likeness (QED) is 0.602. The summed E-state index contributed by atoms with van der Waals surface area (Å²) >= 11 is 0. The number of nitrogens with zero attached hydrogens (tertiary/aromatic N) is 1. The zero-order valence-corrected chi connectivity index (χ0v) is 10.2. The highest BCUT2D eigenvalue weighted by Crippen LogP contribution is 2.23. The summed E-state index contributed by atoms with van der Waals surface area (Å²) in [6, 6.07) is 2.38. The third kappa shape index (κ3) is 3.41. The number of carbonyl (C=O) groups excluding carboxylic acids is 1. The molecule has 2 N–H and O–H groups in total. The summed E-state index contributed by atoms with van der Waals surface area (Å²) < 4.78 is 4.91. The average Bonchev–Trinajstić information content (AvgIpc) is 2.37. The number of hydrogen-bond acceptors (Lipinski definition) is 5. The van der Waals surface area contributed by atoms with Crippen molar-refractivity contribution in [2.24, 2.45) is 0 Å². The van der Waals surface area contributed by atoms with Crippen molar-refractivity contribution in [3.63, 3.8) is 0 Å². The normalized spacial score (nSPS) is 11.5. The van der Waals surface area contributed by atoms with Crippen molar-refractivity contribution in [1.82, 2.24) is 5.32 Å². The summed E-state index contributed by atoms with van der Waals surface area (Å²) in [5.41, 5.74) is -0.376. The van der Waals surface area contributed by atoms with E-state index in [0.717, 1.165) is 6.07 Å². The third-order valence-corrected chi connectivity index (χ3v) is 2.36. The summed E-state index contributed by atoms with van der Waals surface area (Å²) in [6.45, 7) is 1.28. The number of nitro groups is 1. The first-order valence-corrected chi connectivity index (χ1v) is 5.23. The van der Waals surface area contributed by atoms with Gasteiger partial charge < -0.3 is 15.2 Å². The van der Waals surface area contributed by atoms with Gasteiger partial charge in [0.2, 0.25) is 0 Å². The van der Waals surface area contributed by atoms with E-state index in [2.05, 4.69) is 5.32 Å². The Morgan fingerprint density at radius 1 is 1.47 bits per heavy atom. The second kappa shape index (κ2) is 5.80. The molecule has 0 aliphatic rings. The van der Waals surface area contributed by atoms with Gasteiger partial charge in [-0.15, -0.1) is 0 Å². The van der Waals surface area contributed by atoms with Crippen LogP contribution in [0.25, 0.3) is 0 Å². The Hall–Kier alpha value is -2.64. The highest BCUT2D eigenvalue weighted by molar-refractivity contribution is 5.99. The standard InChI is InChI=1S/C11H12N2O6/c1-6(11(15)16)12-10(14)8-5-7(13(17)18)3-4-9(8)19-2/h3-6H,1-2H3,(H,12,14)(H,15,16)/t6-/m0/s1. The van der Waals surface area contributed by atoms with Crippen LogP contribution in [0.1, 0.15) is 17.3 Å². The summed E-state index contributed by atoms with van der Waals surface area (Å²) in [4.78, 5) is 32.5. The van der Waals surface area contributed by atoms with Gasteiger partial charge in [0, 0.05) is 12.1 Å². The predicted molar refractivity (Wildman–Crippen MR) is 64.2 cm³/mol. The number of ether oxygens (including phenoxy) is 1. The van der Waals surface area contributed by atoms with Gasteiger partial charge in [0.1, 0.15) is 11.8 Å². The van der Waals surface area contributed by atoms with Crippen LogP contribution in [0.3, 0.4) is 0 Å². The van der Waals surface area contributed by atoms with Crippen molar-refractivity contribution in [3.05, 3.63) is 33.9 Å². The molecule has 1 rings (SSSR count). The number of benzene rings is 1. The van der Waals surface area contributed by atoms with Crippen molar-refractivity contribution in [2.45, 2.75) is 13.0 Å². The first kappa shape index (κ1) is 14.4. The number of carbonyl (C=O) groups is 2. The maximum Gasteiger partial charge on any atom is 0.325 e. The van der Waals surface area contributed by atoms with Crippen LogP contribution in [0.2, 0.25) is 0 Å². The topological polar surface area (TPSA) is 119 Å². The fourth-order valence-electron chi connectivity index (χ4n) is 1.32. The maximum absolute atomic E-state index is 11.8. The van der Waals surface area contributed by atoms with Crippen LogP contribution < -0.4 is 10.1 Å². The van der Waals surface area contributed by atoms with E-state index in [1.54, 1.807) is 0 Å². The van der Waals surface area contributed by atoms with Crippen LogP contribution in [0.5, 0.6) is 5.75 Å². The summed E-state index contributed by atoms with van der Waals surface area (Å²) in [6.07, 6.45) is 0. The molecule has 0 unspecified atom stereocenters. The van der Waals surface area contributed by atoms with E-state index in [1.165, 1.54) is 26.2 Å². The van der Waals surface area contributed by atoms with Gasteiger partial charge in [-0.2, -0.15) is 0 Å². The fourth-order valence-corrected chi connectivity index (χ4v) is 1.32. The molecule has 1 aromatic carbocycles. The van der Waals surface area contributed by atoms with E-state index < -0.39 is 22.8 Å². The molecular weight excluding hydrogens is 256 g/mol. The number of nitrogens with one attached hydrogen (secondary N) is 1. The molecule has 8 nitrogen and oxygen atoms in total. The van der Waals surface area contributed by atoms with Gasteiger partial charge in [0.15, 0.2) is 0 Å². The lowest BCUT2D eigenvalue weighted by Gasteiger charge is -2.11. The lowest BCUT2D eigenvalue weighted by Crippen LogP contribution is -2.38. The Kier molecular flexibility index (Phi) is 4.41. The molecule has 0 saturated heterocycles. The fraction of sp³-hybridized carbons (Fsp3) is 0.273. The smallest absolute Gasteiger partial charge is 0.325 e. The zero-order chi connectivity index (χ0) is 14.6. The van der Waals surface area contributed by atoms with Crippen LogP contribution in [-0.2, 0) is 4.79 Å². The summed E-state index contributed by atoms with van der Waals surface area (Å²) in [5, 5.41) is 21.5. The molecule has 1 amide bonds. The Morgan fingerprint density at radius 2 is 2.11 bits per heavy atom. The largest absolute Gasteiger partial charge is 0.496 e. The van der Waals surface area contributed by atoms with Crippen molar-refractivity contribution in [1.29, 1.82) is 0 Å². The van der Waals surface area contributed by atoms with Gasteiger partial charge in [0.05, 0.1) is 17.6 Å². The van der Waals surface area contributed by atoms with Gasteiger partial charge in [-0.3, -0.25) is 19.7 Å². The van der Waals surface area contributed by atoms with Crippen LogP contribution >= 0.6 is 0 Å². The zero-order valence-electron chi connectivity index (χ0n) is 10.2. The van der Waals surface area contributed by atoms with E-state index >= 15 is 0 Å². The molecule has 0 aromatic heterocycles. The number of amides is 1. The molecule has 0 saturated carbocycles. The molecule has 19 heavy (non-hydrogen) atoms. The third-order valence-electron chi connectivity index (χ3n) is 2.36. The predicted octanol–water partition coefficient (Wildman–Crippen LogP) is 0.806. The Morgan fingerprint density at radius 3 is 2.58 bits per heavy atom. The van der Waals surface area contributed by atoms with Crippen molar-refractivity contribution >= 4 is 17.6 Å². The van der Waals surface area contributed by atoms with Gasteiger partial charge in [-0.1, -0.05) is 0 Å². The molecule has 0 aliphatic carbocycles. The van der Waals surface area contributed by atoms with E-state index in [9.17, 15) is 19.7 Å². The number of non-ortho nitro benzene ring substituents is 1. The lowest BCUT2D eigenvalue weighted by molar-refractivity contribution is -0.384. The molecular formula is C11H12N2O6. The SMILES string of the molecule is COc1ccc([N+](=O)[O-])cc1C(=O)N[C@@H](C)C(=O)O. The molecule has 102 valence electrons. The number of aliphatic carboxylic acids is 1. The van der Waals surface area contributed by atoms with E-state index in [0.29, 0.717) is 0 Å². The molecule has 0 fully saturated rings. The van der Waals surface area contributed by atoms with Crippen LogP contribution in [0, 0.1) is 10.1 Å². The average molecular weight is 268 g/mol. The highest BCUT2D eigenvalue weighted by atomic mass is 16.6. The molecule has 0 aliphatic heterocycles. The number of hydrogen-bond donors (Lipinski definition) is 2. The lowest BCUT2D eigenvalue weighted by atomic mass is 10.1. The Balaban J connectivity index is 3.09. The molecule has 1 atom stereocenters. The Bertz CT molecular complexity index is 528. The molecule has 8 heteroatoms. The second-order valence-corrected chi connectivity index (χ2v) is 3.68. The van der Waals surface area contributed by atoms with Crippen LogP contribution in [-0.4, -0.2) is 35.1 Å². The van der Waals surface area contributed by atoms with Crippen molar-refractivity contribution < 1.29 is 24.4 Å². The number of carboxylic acid groups (broad SMARTS) is 1. The molecule has 0 bridgehead atoms. The van der Waals surface area contributed by atoms with Crippen molar-refractivity contribution in [2.75, 3.05) is 7.11 Å². The first-order chi connectivity index (χ1) is 8.86. The number of carboxylic acids is 1. The Labute approximate surface area is 108 Å². The maximum atomic E-state index is 11.8. The van der Waals surface area contributed by atoms with Gasteiger partial charge in [0.25, 0.3) is 11.6 Å². The molecule has 1 aromatic rings. The minimum atomic E-state index is -1.21. The number of nitro benzene ring substituents is 1. The molecule has 0 radical (unpaired) electrons. The van der Waals surface area contributed by atoms with Gasteiger partial charge in [-0.25, -0.2) is 0 Å². The monoisotopic (exact) mass is 268 g/mol. The number of methoxy groups -OCH3 is 1. The van der Waals surface area contributed by atoms with E-state index in [4.69, 9.17) is 9.84 Å². The van der Waals surface area contributed by atoms with Crippen LogP contribution in [0.4, 0.5) is 5.69 Å². The first-order valence-electron chi connectivity index (χ1n) is 5.23.